The molecule has 0 saturated carbocycles. The van der Waals surface area contributed by atoms with Crippen molar-refractivity contribution in [1.82, 2.24) is 15.0 Å². The Bertz CT molecular complexity index is 913. The molecule has 0 aliphatic carbocycles. The molecule has 5 heteroatoms. The van der Waals surface area contributed by atoms with Crippen molar-refractivity contribution in [2.45, 2.75) is 27.3 Å². The van der Waals surface area contributed by atoms with Crippen LogP contribution in [0.5, 0.6) is 0 Å². The van der Waals surface area contributed by atoms with Gasteiger partial charge in [0.25, 0.3) is 0 Å². The van der Waals surface area contributed by atoms with Crippen molar-refractivity contribution < 1.29 is 0 Å². The van der Waals surface area contributed by atoms with E-state index in [9.17, 15) is 5.26 Å². The topological polar surface area (TPSA) is 54.5 Å². The van der Waals surface area contributed by atoms with Gasteiger partial charge < -0.3 is 0 Å². The molecule has 116 valence electrons. The van der Waals surface area contributed by atoms with E-state index < -0.39 is 0 Å². The lowest BCUT2D eigenvalue weighted by atomic mass is 9.97. The molecule has 0 aliphatic heterocycles. The third-order valence-electron chi connectivity index (χ3n) is 3.59. The maximum absolute atomic E-state index is 9.32. The summed E-state index contributed by atoms with van der Waals surface area (Å²) >= 11 is 3.65. The highest BCUT2D eigenvalue weighted by Crippen LogP contribution is 2.35. The summed E-state index contributed by atoms with van der Waals surface area (Å²) in [5.74, 6) is 0. The molecule has 2 aromatic carbocycles. The zero-order chi connectivity index (χ0) is 16.6. The molecule has 0 spiro atoms. The van der Waals surface area contributed by atoms with Crippen LogP contribution in [0.25, 0.3) is 22.2 Å². The molecule has 0 bridgehead atoms. The molecule has 0 radical (unpaired) electrons. The summed E-state index contributed by atoms with van der Waals surface area (Å²) in [5, 5.41) is 17.9. The van der Waals surface area contributed by atoms with Gasteiger partial charge in [-0.15, -0.1) is 5.10 Å². The van der Waals surface area contributed by atoms with Crippen molar-refractivity contribution in [3.05, 3.63) is 46.4 Å². The molecule has 0 N–H and O–H groups in total. The fraction of sp³-hybridized carbons (Fsp3) is 0.278. The Hall–Kier alpha value is -2.19. The molecule has 0 atom stereocenters. The van der Waals surface area contributed by atoms with Crippen LogP contribution in [0.4, 0.5) is 0 Å². The van der Waals surface area contributed by atoms with Gasteiger partial charge in [0.1, 0.15) is 5.52 Å². The minimum absolute atomic E-state index is 0.124. The number of benzene rings is 2. The molecule has 23 heavy (non-hydrogen) atoms. The summed E-state index contributed by atoms with van der Waals surface area (Å²) < 4.78 is 2.80. The number of fused-ring (bicyclic) bond motifs is 1. The Morgan fingerprint density at radius 3 is 2.57 bits per heavy atom. The van der Waals surface area contributed by atoms with Gasteiger partial charge in [-0.05, 0) is 39.0 Å². The van der Waals surface area contributed by atoms with E-state index in [4.69, 9.17) is 0 Å². The Morgan fingerprint density at radius 1 is 1.13 bits per heavy atom. The van der Waals surface area contributed by atoms with Gasteiger partial charge >= 0.3 is 0 Å². The van der Waals surface area contributed by atoms with Crippen LogP contribution in [0.3, 0.4) is 0 Å². The van der Waals surface area contributed by atoms with Crippen LogP contribution in [-0.2, 0) is 6.54 Å². The normalized spacial score (nSPS) is 11.6. The fourth-order valence-corrected chi connectivity index (χ4v) is 3.22. The minimum atomic E-state index is 0.124. The van der Waals surface area contributed by atoms with Crippen LogP contribution >= 0.6 is 15.9 Å². The average molecular weight is 369 g/mol. The SMILES string of the molecule is CC(C)(C)Cn1nnc2c(Br)c(-c3ccccc3C#N)ccc21. The summed E-state index contributed by atoms with van der Waals surface area (Å²) in [5.41, 5.74) is 4.44. The van der Waals surface area contributed by atoms with Crippen LogP contribution in [0.1, 0.15) is 26.3 Å². The number of hydrogen-bond acceptors (Lipinski definition) is 3. The molecule has 1 heterocycles. The highest BCUT2D eigenvalue weighted by atomic mass is 79.9. The molecular weight excluding hydrogens is 352 g/mol. The number of nitriles is 1. The van der Waals surface area contributed by atoms with Gasteiger partial charge in [0.05, 0.1) is 21.6 Å². The Morgan fingerprint density at radius 2 is 1.87 bits per heavy atom. The van der Waals surface area contributed by atoms with Crippen molar-refractivity contribution >= 4 is 27.0 Å². The van der Waals surface area contributed by atoms with E-state index in [0.717, 1.165) is 33.2 Å². The Kier molecular flexibility index (Phi) is 3.95. The molecule has 4 nitrogen and oxygen atoms in total. The lowest BCUT2D eigenvalue weighted by Gasteiger charge is -2.18. The van der Waals surface area contributed by atoms with Gasteiger partial charge in [0.15, 0.2) is 0 Å². The van der Waals surface area contributed by atoms with Crippen LogP contribution in [0.2, 0.25) is 0 Å². The predicted octanol–water partition coefficient (Wildman–Crippen LogP) is 4.78. The van der Waals surface area contributed by atoms with Crippen LogP contribution in [-0.4, -0.2) is 15.0 Å². The van der Waals surface area contributed by atoms with Gasteiger partial charge in [0, 0.05) is 12.1 Å². The minimum Gasteiger partial charge on any atom is -0.244 e. The van der Waals surface area contributed by atoms with Gasteiger partial charge in [0.2, 0.25) is 0 Å². The van der Waals surface area contributed by atoms with Gasteiger partial charge in [-0.1, -0.05) is 50.3 Å². The van der Waals surface area contributed by atoms with E-state index in [-0.39, 0.29) is 5.41 Å². The molecule has 1 aromatic heterocycles. The summed E-state index contributed by atoms with van der Waals surface area (Å²) in [6.45, 7) is 7.32. The first kappa shape index (κ1) is 15.7. The zero-order valence-electron chi connectivity index (χ0n) is 13.3. The second kappa shape index (κ2) is 5.78. The first-order valence-corrected chi connectivity index (χ1v) is 8.21. The predicted molar refractivity (Wildman–Crippen MR) is 94.8 cm³/mol. The van der Waals surface area contributed by atoms with Crippen LogP contribution in [0.15, 0.2) is 40.9 Å². The Labute approximate surface area is 143 Å². The number of hydrogen-bond donors (Lipinski definition) is 0. The second-order valence-electron chi connectivity index (χ2n) is 6.76. The van der Waals surface area contributed by atoms with E-state index in [1.165, 1.54) is 0 Å². The molecule has 0 fully saturated rings. The van der Waals surface area contributed by atoms with Gasteiger partial charge in [-0.25, -0.2) is 4.68 Å². The highest BCUT2D eigenvalue weighted by Gasteiger charge is 2.18. The Balaban J connectivity index is 2.16. The zero-order valence-corrected chi connectivity index (χ0v) is 14.9. The molecule has 0 amide bonds. The van der Waals surface area contributed by atoms with E-state index in [1.807, 2.05) is 41.1 Å². The first-order chi connectivity index (χ1) is 10.9. The smallest absolute Gasteiger partial charge is 0.127 e. The molecular formula is C18H17BrN4. The molecule has 0 unspecified atom stereocenters. The molecule has 3 rings (SSSR count). The summed E-state index contributed by atoms with van der Waals surface area (Å²) in [6.07, 6.45) is 0. The standard InChI is InChI=1S/C18H17BrN4/c1-18(2,3)11-23-15-9-8-14(16(19)17(15)21-22-23)13-7-5-4-6-12(13)10-20/h4-9H,11H2,1-3H3. The third kappa shape index (κ3) is 2.99. The van der Waals surface area contributed by atoms with Crippen LogP contribution < -0.4 is 0 Å². The second-order valence-corrected chi connectivity index (χ2v) is 7.55. The fourth-order valence-electron chi connectivity index (χ4n) is 2.59. The van der Waals surface area contributed by atoms with E-state index >= 15 is 0 Å². The van der Waals surface area contributed by atoms with Crippen molar-refractivity contribution in [3.8, 4) is 17.2 Å². The average Bonchev–Trinajstić information content (AvgIpc) is 2.90. The van der Waals surface area contributed by atoms with Crippen LogP contribution in [0, 0.1) is 16.7 Å². The maximum Gasteiger partial charge on any atom is 0.127 e. The van der Waals surface area contributed by atoms with Crippen molar-refractivity contribution in [3.63, 3.8) is 0 Å². The van der Waals surface area contributed by atoms with E-state index in [2.05, 4.69) is 53.1 Å². The molecule has 0 aliphatic rings. The van der Waals surface area contributed by atoms with Gasteiger partial charge in [-0.3, -0.25) is 0 Å². The van der Waals surface area contributed by atoms with E-state index in [1.54, 1.807) is 0 Å². The quantitative estimate of drug-likeness (QED) is 0.653. The lowest BCUT2D eigenvalue weighted by molar-refractivity contribution is 0.327. The van der Waals surface area contributed by atoms with E-state index in [0.29, 0.717) is 5.56 Å². The van der Waals surface area contributed by atoms with Gasteiger partial charge in [-0.2, -0.15) is 5.26 Å². The number of halogens is 1. The number of rotatable bonds is 2. The summed E-state index contributed by atoms with van der Waals surface area (Å²) in [4.78, 5) is 0. The van der Waals surface area contributed by atoms with Crippen molar-refractivity contribution in [1.29, 1.82) is 5.26 Å². The highest BCUT2D eigenvalue weighted by molar-refractivity contribution is 9.10. The lowest BCUT2D eigenvalue weighted by Crippen LogP contribution is -2.16. The van der Waals surface area contributed by atoms with Crippen molar-refractivity contribution in [2.75, 3.05) is 0 Å². The first-order valence-electron chi connectivity index (χ1n) is 7.42. The summed E-state index contributed by atoms with van der Waals surface area (Å²) in [6, 6.07) is 13.9. The van der Waals surface area contributed by atoms with Crippen molar-refractivity contribution in [2.24, 2.45) is 5.41 Å². The monoisotopic (exact) mass is 368 g/mol. The third-order valence-corrected chi connectivity index (χ3v) is 4.39. The molecule has 0 saturated heterocycles. The maximum atomic E-state index is 9.32. The number of nitrogens with zero attached hydrogens (tertiary/aromatic N) is 4. The molecule has 3 aromatic rings. The largest absolute Gasteiger partial charge is 0.244 e. The number of aromatic nitrogens is 3. The summed E-state index contributed by atoms with van der Waals surface area (Å²) in [7, 11) is 0.